The molecule has 0 radical (unpaired) electrons. The Hall–Kier alpha value is -1.68. The van der Waals surface area contributed by atoms with Crippen molar-refractivity contribution in [3.63, 3.8) is 0 Å². The largest absolute Gasteiger partial charge is 0.420 e. The molecule has 4 heteroatoms. The molecule has 17 heavy (non-hydrogen) atoms. The average molecular weight is 229 g/mol. The fraction of sp³-hybridized carbons (Fsp3) is 0.385. The normalized spacial score (nSPS) is 19.7. The van der Waals surface area contributed by atoms with E-state index in [-0.39, 0.29) is 0 Å². The second-order valence-electron chi connectivity index (χ2n) is 4.45. The lowest BCUT2D eigenvalue weighted by atomic mass is 10.1. The van der Waals surface area contributed by atoms with Crippen molar-refractivity contribution in [2.75, 3.05) is 13.1 Å². The van der Waals surface area contributed by atoms with Gasteiger partial charge in [-0.3, -0.25) is 0 Å². The van der Waals surface area contributed by atoms with E-state index in [0.717, 1.165) is 36.5 Å². The Balaban J connectivity index is 1.92. The van der Waals surface area contributed by atoms with E-state index in [2.05, 4.69) is 28.5 Å². The number of benzene rings is 1. The van der Waals surface area contributed by atoms with Gasteiger partial charge in [-0.2, -0.15) is 0 Å². The molecule has 1 unspecified atom stereocenters. The molecule has 2 heterocycles. The van der Waals surface area contributed by atoms with E-state index in [4.69, 9.17) is 4.42 Å². The molecule has 2 aromatic rings. The summed E-state index contributed by atoms with van der Waals surface area (Å²) >= 11 is 0. The molecule has 88 valence electrons. The molecule has 3 rings (SSSR count). The Bertz CT molecular complexity index is 515. The van der Waals surface area contributed by atoms with Crippen LogP contribution in [0, 0.1) is 6.92 Å². The van der Waals surface area contributed by atoms with Crippen molar-refractivity contribution in [2.24, 2.45) is 0 Å². The number of nitrogens with zero attached hydrogens (tertiary/aromatic N) is 2. The Kier molecular flexibility index (Phi) is 2.65. The summed E-state index contributed by atoms with van der Waals surface area (Å²) in [6, 6.07) is 8.07. The molecule has 1 fully saturated rings. The minimum Gasteiger partial charge on any atom is -0.420 e. The van der Waals surface area contributed by atoms with Crippen molar-refractivity contribution in [3.8, 4) is 11.5 Å². The summed E-state index contributed by atoms with van der Waals surface area (Å²) < 4.78 is 5.77. The number of aryl methyl sites for hydroxylation is 1. The number of nitrogens with one attached hydrogen (secondary N) is 1. The summed E-state index contributed by atoms with van der Waals surface area (Å²) in [5.41, 5.74) is 2.18. The highest BCUT2D eigenvalue weighted by Crippen LogP contribution is 2.26. The van der Waals surface area contributed by atoms with E-state index in [9.17, 15) is 0 Å². The smallest absolute Gasteiger partial charge is 0.248 e. The average Bonchev–Trinajstić information content (AvgIpc) is 3.00. The third-order valence-corrected chi connectivity index (χ3v) is 3.23. The monoisotopic (exact) mass is 229 g/mol. The second kappa shape index (κ2) is 4.30. The summed E-state index contributed by atoms with van der Waals surface area (Å²) in [7, 11) is 0. The fourth-order valence-corrected chi connectivity index (χ4v) is 2.19. The number of aromatic nitrogens is 2. The molecule has 1 aromatic carbocycles. The molecular weight excluding hydrogens is 214 g/mol. The van der Waals surface area contributed by atoms with Crippen LogP contribution in [0.3, 0.4) is 0 Å². The fourth-order valence-electron chi connectivity index (χ4n) is 2.19. The van der Waals surface area contributed by atoms with Crippen LogP contribution in [-0.2, 0) is 0 Å². The Morgan fingerprint density at radius 1 is 1.29 bits per heavy atom. The third-order valence-electron chi connectivity index (χ3n) is 3.23. The molecule has 0 amide bonds. The molecule has 0 saturated carbocycles. The van der Waals surface area contributed by atoms with E-state index in [0.29, 0.717) is 11.8 Å². The zero-order valence-electron chi connectivity index (χ0n) is 9.81. The minimum atomic E-state index is 0.375. The van der Waals surface area contributed by atoms with Gasteiger partial charge in [0.05, 0.1) is 5.92 Å². The quantitative estimate of drug-likeness (QED) is 0.857. The molecule has 0 bridgehead atoms. The summed E-state index contributed by atoms with van der Waals surface area (Å²) in [6.45, 7) is 4.03. The summed E-state index contributed by atoms with van der Waals surface area (Å²) in [4.78, 5) is 0. The first kappa shape index (κ1) is 10.5. The number of hydrogen-bond donors (Lipinski definition) is 1. The van der Waals surface area contributed by atoms with Crippen molar-refractivity contribution >= 4 is 0 Å². The van der Waals surface area contributed by atoms with Gasteiger partial charge in [-0.15, -0.1) is 10.2 Å². The minimum absolute atomic E-state index is 0.375. The van der Waals surface area contributed by atoms with Gasteiger partial charge in [0.2, 0.25) is 11.8 Å². The van der Waals surface area contributed by atoms with Crippen molar-refractivity contribution in [3.05, 3.63) is 35.7 Å². The first-order chi connectivity index (χ1) is 8.34. The van der Waals surface area contributed by atoms with Crippen LogP contribution in [0.25, 0.3) is 11.5 Å². The number of rotatable bonds is 2. The molecule has 4 nitrogen and oxygen atoms in total. The van der Waals surface area contributed by atoms with Gasteiger partial charge in [-0.25, -0.2) is 0 Å². The summed E-state index contributed by atoms with van der Waals surface area (Å²) in [5, 5.41) is 11.6. The van der Waals surface area contributed by atoms with Crippen molar-refractivity contribution in [2.45, 2.75) is 19.3 Å². The standard InChI is InChI=1S/C13H15N3O/c1-9-4-2-3-5-11(9)13-16-15-12(17-13)10-6-7-14-8-10/h2-5,10,14H,6-8H2,1H3. The predicted molar refractivity (Wildman–Crippen MR) is 64.7 cm³/mol. The van der Waals surface area contributed by atoms with Crippen LogP contribution >= 0.6 is 0 Å². The van der Waals surface area contributed by atoms with Crippen molar-refractivity contribution in [1.29, 1.82) is 0 Å². The Labute approximate surface area is 100 Å². The van der Waals surface area contributed by atoms with Gasteiger partial charge in [0.25, 0.3) is 0 Å². The highest BCUT2D eigenvalue weighted by atomic mass is 16.4. The molecule has 0 spiro atoms. The third kappa shape index (κ3) is 1.96. The van der Waals surface area contributed by atoms with Gasteiger partial charge in [0.1, 0.15) is 0 Å². The molecule has 1 aliphatic rings. The van der Waals surface area contributed by atoms with Crippen LogP contribution in [0.15, 0.2) is 28.7 Å². The van der Waals surface area contributed by atoms with Gasteiger partial charge in [-0.05, 0) is 31.5 Å². The number of hydrogen-bond acceptors (Lipinski definition) is 4. The van der Waals surface area contributed by atoms with Crippen LogP contribution in [0.2, 0.25) is 0 Å². The summed E-state index contributed by atoms with van der Waals surface area (Å²) in [5.74, 6) is 1.76. The maximum atomic E-state index is 5.77. The Morgan fingerprint density at radius 3 is 2.94 bits per heavy atom. The molecule has 1 atom stereocenters. The lowest BCUT2D eigenvalue weighted by Crippen LogP contribution is -2.08. The molecule has 1 aromatic heterocycles. The lowest BCUT2D eigenvalue weighted by molar-refractivity contribution is 0.467. The van der Waals surface area contributed by atoms with Gasteiger partial charge in [-0.1, -0.05) is 18.2 Å². The van der Waals surface area contributed by atoms with Crippen LogP contribution in [0.5, 0.6) is 0 Å². The summed E-state index contributed by atoms with van der Waals surface area (Å²) in [6.07, 6.45) is 1.08. The maximum Gasteiger partial charge on any atom is 0.248 e. The zero-order chi connectivity index (χ0) is 11.7. The first-order valence-corrected chi connectivity index (χ1v) is 5.95. The zero-order valence-corrected chi connectivity index (χ0v) is 9.81. The highest BCUT2D eigenvalue weighted by molar-refractivity contribution is 5.57. The van der Waals surface area contributed by atoms with E-state index >= 15 is 0 Å². The predicted octanol–water partition coefficient (Wildman–Crippen LogP) is 2.12. The molecule has 0 aliphatic carbocycles. The molecular formula is C13H15N3O. The molecule has 1 N–H and O–H groups in total. The van der Waals surface area contributed by atoms with E-state index in [1.54, 1.807) is 0 Å². The maximum absolute atomic E-state index is 5.77. The topological polar surface area (TPSA) is 51.0 Å². The van der Waals surface area contributed by atoms with Crippen LogP contribution in [0.1, 0.15) is 23.8 Å². The van der Waals surface area contributed by atoms with Gasteiger partial charge in [0.15, 0.2) is 0 Å². The molecule has 1 saturated heterocycles. The van der Waals surface area contributed by atoms with Gasteiger partial charge >= 0.3 is 0 Å². The van der Waals surface area contributed by atoms with Crippen LogP contribution in [-0.4, -0.2) is 23.3 Å². The van der Waals surface area contributed by atoms with Crippen molar-refractivity contribution < 1.29 is 4.42 Å². The lowest BCUT2D eigenvalue weighted by Gasteiger charge is -2.01. The highest BCUT2D eigenvalue weighted by Gasteiger charge is 2.22. The SMILES string of the molecule is Cc1ccccc1-c1nnc(C2CCNC2)o1. The Morgan fingerprint density at radius 2 is 2.18 bits per heavy atom. The van der Waals surface area contributed by atoms with E-state index < -0.39 is 0 Å². The molecule has 1 aliphatic heterocycles. The first-order valence-electron chi connectivity index (χ1n) is 5.95. The van der Waals surface area contributed by atoms with E-state index in [1.807, 2.05) is 18.2 Å². The van der Waals surface area contributed by atoms with Crippen LogP contribution in [0.4, 0.5) is 0 Å². The van der Waals surface area contributed by atoms with Crippen molar-refractivity contribution in [1.82, 2.24) is 15.5 Å². The van der Waals surface area contributed by atoms with E-state index in [1.165, 1.54) is 0 Å². The van der Waals surface area contributed by atoms with Gasteiger partial charge < -0.3 is 9.73 Å². The van der Waals surface area contributed by atoms with Gasteiger partial charge in [0, 0.05) is 12.1 Å². The second-order valence-corrected chi connectivity index (χ2v) is 4.45. The van der Waals surface area contributed by atoms with Crippen LogP contribution < -0.4 is 5.32 Å².